The average Bonchev–Trinajstić information content (AvgIpc) is 2.53. The number of halogens is 1. The maximum Gasteiger partial charge on any atom is 0.251 e. The summed E-state index contributed by atoms with van der Waals surface area (Å²) in [5.74, 6) is 4.72. The Labute approximate surface area is 116 Å². The van der Waals surface area contributed by atoms with Gasteiger partial charge in [-0.1, -0.05) is 18.2 Å². The second kappa shape index (κ2) is 2.68. The predicted molar refractivity (Wildman–Crippen MR) is 70.6 cm³/mol. The number of nitrogens with one attached hydrogen (secondary N) is 1. The van der Waals surface area contributed by atoms with Gasteiger partial charge in [-0.05, 0) is 47.6 Å². The molecule has 0 bridgehead atoms. The summed E-state index contributed by atoms with van der Waals surface area (Å²) >= 11 is 0. The average molecular weight is 269 g/mol. The van der Waals surface area contributed by atoms with Crippen LogP contribution in [0.15, 0.2) is 30.3 Å². The second-order valence-electron chi connectivity index (χ2n) is 7.52. The molecule has 6 aliphatic rings. The van der Waals surface area contributed by atoms with Gasteiger partial charge in [0.15, 0.2) is 0 Å². The summed E-state index contributed by atoms with van der Waals surface area (Å²) in [4.78, 5) is 12.2. The molecule has 7 rings (SSSR count). The summed E-state index contributed by atoms with van der Waals surface area (Å²) in [6.07, 6.45) is 0. The first-order chi connectivity index (χ1) is 9.79. The van der Waals surface area contributed by atoms with Gasteiger partial charge in [0.05, 0.1) is 6.67 Å². The molecule has 3 heteroatoms. The Bertz CT molecular complexity index is 636. The smallest absolute Gasteiger partial charge is 0.251 e. The van der Waals surface area contributed by atoms with Crippen molar-refractivity contribution in [3.63, 3.8) is 0 Å². The lowest BCUT2D eigenvalue weighted by molar-refractivity contribution is -0.660. The monoisotopic (exact) mass is 269 g/mol. The van der Waals surface area contributed by atoms with E-state index < -0.39 is 0 Å². The van der Waals surface area contributed by atoms with Crippen LogP contribution in [-0.2, 0) is 0 Å². The zero-order chi connectivity index (χ0) is 13.3. The molecule has 6 aliphatic carbocycles. The number of amides is 1. The molecule has 0 spiro atoms. The molecule has 1 N–H and O–H groups in total. The van der Waals surface area contributed by atoms with Crippen LogP contribution in [0.4, 0.5) is 4.39 Å². The minimum absolute atomic E-state index is 0.00567. The van der Waals surface area contributed by atoms with Gasteiger partial charge in [-0.15, -0.1) is 0 Å². The summed E-state index contributed by atoms with van der Waals surface area (Å²) in [6, 6.07) is 9.33. The van der Waals surface area contributed by atoms with Crippen LogP contribution in [0.1, 0.15) is 10.4 Å². The third-order valence-electron chi connectivity index (χ3n) is 7.92. The number of rotatable bonds is 4. The molecular formula is C17H16FNO. The highest BCUT2D eigenvalue weighted by atomic mass is 19.1. The number of benzene rings is 1. The summed E-state index contributed by atoms with van der Waals surface area (Å²) in [6.45, 7) is 0.552. The van der Waals surface area contributed by atoms with Crippen molar-refractivity contribution < 1.29 is 9.18 Å². The highest BCUT2D eigenvalue weighted by Crippen LogP contribution is 3.10. The van der Waals surface area contributed by atoms with Crippen LogP contribution >= 0.6 is 0 Å². The molecule has 6 saturated carbocycles. The van der Waals surface area contributed by atoms with E-state index in [0.717, 1.165) is 23.7 Å². The van der Waals surface area contributed by atoms with Gasteiger partial charge in [-0.25, -0.2) is 0 Å². The van der Waals surface area contributed by atoms with Gasteiger partial charge < -0.3 is 5.32 Å². The highest BCUT2D eigenvalue weighted by molar-refractivity contribution is 5.94. The summed E-state index contributed by atoms with van der Waals surface area (Å²) in [5.41, 5.74) is 0.880. The number of carbonyl (C=O) groups excluding carboxylic acids is 1. The fourth-order valence-electron chi connectivity index (χ4n) is 7.60. The fraction of sp³-hybridized carbons (Fsp3) is 0.588. The zero-order valence-corrected chi connectivity index (χ0v) is 11.1. The molecule has 0 saturated heterocycles. The highest BCUT2D eigenvalue weighted by Gasteiger charge is 3.09. The van der Waals surface area contributed by atoms with E-state index in [4.69, 9.17) is 0 Å². The molecule has 1 amide bonds. The van der Waals surface area contributed by atoms with Gasteiger partial charge in [-0.3, -0.25) is 9.18 Å². The minimum Gasteiger partial charge on any atom is -0.351 e. The topological polar surface area (TPSA) is 29.1 Å². The van der Waals surface area contributed by atoms with Crippen LogP contribution in [-0.4, -0.2) is 19.1 Å². The molecule has 20 heavy (non-hydrogen) atoms. The lowest BCUT2D eigenvalue weighted by Crippen LogP contribution is -3.11. The summed E-state index contributed by atoms with van der Waals surface area (Å²) in [7, 11) is 0. The van der Waals surface area contributed by atoms with E-state index in [0.29, 0.717) is 23.9 Å². The van der Waals surface area contributed by atoms with E-state index in [1.807, 2.05) is 30.3 Å². The lowest BCUT2D eigenvalue weighted by Gasteiger charge is -3.11. The molecule has 4 unspecified atom stereocenters. The molecule has 0 radical (unpaired) electrons. The number of hydrogen-bond donors (Lipinski definition) is 1. The molecule has 1 aromatic carbocycles. The van der Waals surface area contributed by atoms with E-state index >= 15 is 0 Å². The van der Waals surface area contributed by atoms with Crippen molar-refractivity contribution in [2.45, 2.75) is 0 Å². The molecule has 4 atom stereocenters. The lowest BCUT2D eigenvalue weighted by atomic mass is 8.92. The third kappa shape index (κ3) is 0.624. The van der Waals surface area contributed by atoms with Gasteiger partial charge in [-0.2, -0.15) is 0 Å². The van der Waals surface area contributed by atoms with Crippen molar-refractivity contribution in [2.24, 2.45) is 46.3 Å². The normalized spacial score (nSPS) is 57.2. The Kier molecular flexibility index (Phi) is 1.39. The predicted octanol–water partition coefficient (Wildman–Crippen LogP) is 2.12. The minimum atomic E-state index is -0.153. The first-order valence-corrected chi connectivity index (χ1v) is 7.68. The van der Waals surface area contributed by atoms with Crippen molar-refractivity contribution in [1.82, 2.24) is 5.32 Å². The van der Waals surface area contributed by atoms with Crippen LogP contribution in [0.3, 0.4) is 0 Å². The van der Waals surface area contributed by atoms with E-state index in [2.05, 4.69) is 5.32 Å². The van der Waals surface area contributed by atoms with Gasteiger partial charge >= 0.3 is 0 Å². The van der Waals surface area contributed by atoms with Crippen LogP contribution in [0.5, 0.6) is 0 Å². The molecule has 102 valence electrons. The maximum absolute atomic E-state index is 13.6. The Balaban J connectivity index is 1.24. The van der Waals surface area contributed by atoms with E-state index in [-0.39, 0.29) is 23.4 Å². The van der Waals surface area contributed by atoms with Crippen molar-refractivity contribution in [3.8, 4) is 0 Å². The van der Waals surface area contributed by atoms with Crippen molar-refractivity contribution in [2.75, 3.05) is 13.2 Å². The molecule has 0 heterocycles. The Morgan fingerprint density at radius 2 is 1.65 bits per heavy atom. The molecule has 0 aliphatic heterocycles. The van der Waals surface area contributed by atoms with Gasteiger partial charge in [0.25, 0.3) is 5.91 Å². The molecule has 0 aromatic heterocycles. The SMILES string of the molecule is O=C(NCC12C3C4C5C3C1(CF)C5C42)c1ccccc1. The summed E-state index contributed by atoms with van der Waals surface area (Å²) < 4.78 is 13.6. The van der Waals surface area contributed by atoms with E-state index in [1.54, 1.807) is 0 Å². The largest absolute Gasteiger partial charge is 0.351 e. The van der Waals surface area contributed by atoms with Crippen LogP contribution in [0.2, 0.25) is 0 Å². The van der Waals surface area contributed by atoms with Crippen molar-refractivity contribution in [3.05, 3.63) is 35.9 Å². The van der Waals surface area contributed by atoms with Crippen LogP contribution < -0.4 is 5.32 Å². The number of carbonyl (C=O) groups is 1. The van der Waals surface area contributed by atoms with Crippen LogP contribution in [0.25, 0.3) is 0 Å². The molecule has 1 aromatic rings. The molecular weight excluding hydrogens is 253 g/mol. The number of hydrogen-bond acceptors (Lipinski definition) is 1. The molecule has 6 fully saturated rings. The zero-order valence-electron chi connectivity index (χ0n) is 11.1. The third-order valence-corrected chi connectivity index (χ3v) is 7.92. The maximum atomic E-state index is 13.6. The summed E-state index contributed by atoms with van der Waals surface area (Å²) in [5, 5.41) is 3.09. The van der Waals surface area contributed by atoms with Crippen molar-refractivity contribution in [1.29, 1.82) is 0 Å². The van der Waals surface area contributed by atoms with E-state index in [1.165, 1.54) is 0 Å². The second-order valence-corrected chi connectivity index (χ2v) is 7.52. The standard InChI is InChI=1S/C17H16FNO/c18-6-16-11-9-10-13(11)17(16,14(10)12(9)16)7-19-15(20)8-4-2-1-3-5-8/h1-5,9-14H,6-7H2,(H,19,20). The van der Waals surface area contributed by atoms with Crippen LogP contribution in [0, 0.1) is 46.3 Å². The number of alkyl halides is 1. The Hall–Kier alpha value is -1.38. The van der Waals surface area contributed by atoms with Crippen molar-refractivity contribution >= 4 is 5.91 Å². The fourth-order valence-corrected chi connectivity index (χ4v) is 7.60. The van der Waals surface area contributed by atoms with Gasteiger partial charge in [0.1, 0.15) is 0 Å². The first-order valence-electron chi connectivity index (χ1n) is 7.68. The Morgan fingerprint density at radius 3 is 2.25 bits per heavy atom. The Morgan fingerprint density at radius 1 is 1.05 bits per heavy atom. The first kappa shape index (κ1) is 10.4. The van der Waals surface area contributed by atoms with Gasteiger partial charge in [0.2, 0.25) is 0 Å². The molecule has 2 nitrogen and oxygen atoms in total. The van der Waals surface area contributed by atoms with Gasteiger partial charge in [0, 0.05) is 22.9 Å². The van der Waals surface area contributed by atoms with E-state index in [9.17, 15) is 9.18 Å². The quantitative estimate of drug-likeness (QED) is 0.891.